The van der Waals surface area contributed by atoms with Crippen molar-refractivity contribution in [2.75, 3.05) is 12.9 Å². The lowest BCUT2D eigenvalue weighted by atomic mass is 10.2. The largest absolute Gasteiger partial charge is 0.495 e. The highest BCUT2D eigenvalue weighted by molar-refractivity contribution is 7.99. The summed E-state index contributed by atoms with van der Waals surface area (Å²) < 4.78 is 7.00. The molecule has 0 radical (unpaired) electrons. The highest BCUT2D eigenvalue weighted by Crippen LogP contribution is 2.28. The van der Waals surface area contributed by atoms with Crippen molar-refractivity contribution in [2.45, 2.75) is 5.16 Å². The number of hydrogen-bond acceptors (Lipinski definition) is 5. The maximum atomic E-state index is 10.6. The monoisotopic (exact) mass is 289 g/mol. The molecule has 1 heterocycles. The minimum Gasteiger partial charge on any atom is -0.495 e. The molecule has 7 heteroatoms. The van der Waals surface area contributed by atoms with E-state index in [9.17, 15) is 4.79 Å². The molecule has 0 aliphatic rings. The zero-order chi connectivity index (χ0) is 14.5. The van der Waals surface area contributed by atoms with E-state index < -0.39 is 5.97 Å². The van der Waals surface area contributed by atoms with Crippen molar-refractivity contribution in [2.24, 2.45) is 0 Å². The van der Waals surface area contributed by atoms with Crippen LogP contribution >= 0.6 is 11.8 Å². The average molecular weight is 289 g/mol. The molecule has 6 nitrogen and oxygen atoms in total. The van der Waals surface area contributed by atoms with E-state index in [-0.39, 0.29) is 5.75 Å². The van der Waals surface area contributed by atoms with Gasteiger partial charge in [0.1, 0.15) is 5.75 Å². The number of imidazole rings is 1. The van der Waals surface area contributed by atoms with Crippen LogP contribution in [0.1, 0.15) is 5.56 Å². The number of aromatic nitrogens is 2. The first-order valence-corrected chi connectivity index (χ1v) is 6.60. The first kappa shape index (κ1) is 14.0. The Kier molecular flexibility index (Phi) is 4.27. The van der Waals surface area contributed by atoms with Crippen LogP contribution in [0, 0.1) is 11.3 Å². The Labute approximate surface area is 119 Å². The smallest absolute Gasteiger partial charge is 0.313 e. The fourth-order valence-electron chi connectivity index (χ4n) is 1.65. The van der Waals surface area contributed by atoms with Gasteiger partial charge in [-0.25, -0.2) is 4.98 Å². The molecule has 20 heavy (non-hydrogen) atoms. The van der Waals surface area contributed by atoms with Gasteiger partial charge < -0.3 is 9.84 Å². The van der Waals surface area contributed by atoms with Gasteiger partial charge in [-0.3, -0.25) is 9.36 Å². The Bertz CT molecular complexity index is 676. The zero-order valence-electron chi connectivity index (χ0n) is 10.6. The van der Waals surface area contributed by atoms with Crippen LogP contribution in [0.2, 0.25) is 0 Å². The summed E-state index contributed by atoms with van der Waals surface area (Å²) in [5.74, 6) is -0.453. The summed E-state index contributed by atoms with van der Waals surface area (Å²) in [7, 11) is 1.51. The van der Waals surface area contributed by atoms with Crippen LogP contribution in [0.15, 0.2) is 35.7 Å². The Hall–Kier alpha value is -2.46. The van der Waals surface area contributed by atoms with Gasteiger partial charge in [0, 0.05) is 18.5 Å². The minimum absolute atomic E-state index is 0.0738. The lowest BCUT2D eigenvalue weighted by Crippen LogP contribution is -2.02. The second kappa shape index (κ2) is 6.12. The molecule has 1 aromatic carbocycles. The topological polar surface area (TPSA) is 88.1 Å². The Morgan fingerprint density at radius 1 is 1.60 bits per heavy atom. The van der Waals surface area contributed by atoms with Gasteiger partial charge in [-0.2, -0.15) is 5.26 Å². The number of ether oxygens (including phenoxy) is 1. The molecule has 0 fully saturated rings. The zero-order valence-corrected chi connectivity index (χ0v) is 11.4. The van der Waals surface area contributed by atoms with Crippen molar-refractivity contribution in [1.82, 2.24) is 9.55 Å². The van der Waals surface area contributed by atoms with Crippen molar-refractivity contribution in [3.63, 3.8) is 0 Å². The molecular formula is C13H11N3O3S. The first-order valence-electron chi connectivity index (χ1n) is 5.62. The van der Waals surface area contributed by atoms with E-state index in [1.54, 1.807) is 35.2 Å². The number of carboxylic acids is 1. The predicted octanol–water partition coefficient (Wildman–Crippen LogP) is 1.93. The van der Waals surface area contributed by atoms with Crippen molar-refractivity contribution in [1.29, 1.82) is 5.26 Å². The third kappa shape index (κ3) is 2.92. The van der Waals surface area contributed by atoms with E-state index in [4.69, 9.17) is 15.1 Å². The van der Waals surface area contributed by atoms with Crippen LogP contribution in [0.4, 0.5) is 0 Å². The van der Waals surface area contributed by atoms with Gasteiger partial charge in [-0.15, -0.1) is 0 Å². The van der Waals surface area contributed by atoms with E-state index >= 15 is 0 Å². The van der Waals surface area contributed by atoms with Crippen molar-refractivity contribution in [3.05, 3.63) is 36.2 Å². The van der Waals surface area contributed by atoms with Crippen LogP contribution in [0.25, 0.3) is 5.69 Å². The summed E-state index contributed by atoms with van der Waals surface area (Å²) in [6.45, 7) is 0. The fourth-order valence-corrected chi connectivity index (χ4v) is 2.34. The van der Waals surface area contributed by atoms with Gasteiger partial charge in [0.15, 0.2) is 5.16 Å². The number of hydrogen-bond donors (Lipinski definition) is 1. The van der Waals surface area contributed by atoms with Crippen molar-refractivity contribution in [3.8, 4) is 17.5 Å². The highest BCUT2D eigenvalue weighted by Gasteiger charge is 2.12. The number of nitrogens with zero attached hydrogens (tertiary/aromatic N) is 3. The summed E-state index contributed by atoms with van der Waals surface area (Å²) in [6, 6.07) is 7.08. The number of rotatable bonds is 5. The standard InChI is InChI=1S/C13H11N3O3S/c1-19-11-6-9(7-14)2-3-10(11)16-5-4-15-13(16)20-8-12(17)18/h2-6H,8H2,1H3,(H,17,18). The fraction of sp³-hybridized carbons (Fsp3) is 0.154. The van der Waals surface area contributed by atoms with Crippen LogP contribution in [-0.2, 0) is 4.79 Å². The van der Waals surface area contributed by atoms with Gasteiger partial charge in [0.2, 0.25) is 0 Å². The molecule has 0 aliphatic carbocycles. The average Bonchev–Trinajstić information content (AvgIpc) is 2.92. The van der Waals surface area contributed by atoms with Gasteiger partial charge >= 0.3 is 5.97 Å². The third-order valence-electron chi connectivity index (χ3n) is 2.50. The van der Waals surface area contributed by atoms with Crippen molar-refractivity contribution < 1.29 is 14.6 Å². The normalized spacial score (nSPS) is 10.0. The lowest BCUT2D eigenvalue weighted by Gasteiger charge is -2.11. The molecule has 0 unspecified atom stereocenters. The van der Waals surface area contributed by atoms with Crippen LogP contribution in [0.3, 0.4) is 0 Å². The molecular weight excluding hydrogens is 278 g/mol. The number of benzene rings is 1. The summed E-state index contributed by atoms with van der Waals surface area (Å²) in [5, 5.41) is 18.2. The Balaban J connectivity index is 2.39. The number of aliphatic carboxylic acids is 1. The maximum absolute atomic E-state index is 10.6. The van der Waals surface area contributed by atoms with Crippen LogP contribution in [-0.4, -0.2) is 33.5 Å². The molecule has 0 aliphatic heterocycles. The van der Waals surface area contributed by atoms with Crippen LogP contribution in [0.5, 0.6) is 5.75 Å². The Morgan fingerprint density at radius 2 is 2.40 bits per heavy atom. The molecule has 0 atom stereocenters. The molecule has 1 N–H and O–H groups in total. The summed E-state index contributed by atoms with van der Waals surface area (Å²) in [4.78, 5) is 14.8. The van der Waals surface area contributed by atoms with Gasteiger partial charge in [0.05, 0.1) is 30.2 Å². The number of nitriles is 1. The molecule has 2 rings (SSSR count). The van der Waals surface area contributed by atoms with Gasteiger partial charge in [0.25, 0.3) is 0 Å². The van der Waals surface area contributed by atoms with Crippen LogP contribution < -0.4 is 4.74 Å². The molecule has 0 saturated carbocycles. The third-order valence-corrected chi connectivity index (χ3v) is 3.45. The molecule has 0 amide bonds. The van der Waals surface area contributed by atoms with Gasteiger partial charge in [-0.05, 0) is 12.1 Å². The van der Waals surface area contributed by atoms with E-state index in [1.165, 1.54) is 7.11 Å². The summed E-state index contributed by atoms with van der Waals surface area (Å²) >= 11 is 1.12. The van der Waals surface area contributed by atoms with Gasteiger partial charge in [-0.1, -0.05) is 11.8 Å². The predicted molar refractivity (Wildman–Crippen MR) is 73.2 cm³/mol. The highest BCUT2D eigenvalue weighted by atomic mass is 32.2. The second-order valence-electron chi connectivity index (χ2n) is 3.76. The number of carbonyl (C=O) groups is 1. The van der Waals surface area contributed by atoms with Crippen molar-refractivity contribution >= 4 is 17.7 Å². The number of thioether (sulfide) groups is 1. The quantitative estimate of drug-likeness (QED) is 0.846. The van der Waals surface area contributed by atoms with E-state index in [1.807, 2.05) is 6.07 Å². The molecule has 2 aromatic rings. The molecule has 1 aromatic heterocycles. The van der Waals surface area contributed by atoms with E-state index in [0.29, 0.717) is 22.2 Å². The molecule has 0 saturated heterocycles. The molecule has 0 spiro atoms. The first-order chi connectivity index (χ1) is 9.65. The maximum Gasteiger partial charge on any atom is 0.313 e. The SMILES string of the molecule is COc1cc(C#N)ccc1-n1ccnc1SCC(=O)O. The Morgan fingerprint density at radius 3 is 3.05 bits per heavy atom. The second-order valence-corrected chi connectivity index (χ2v) is 4.70. The number of carboxylic acid groups (broad SMARTS) is 1. The lowest BCUT2D eigenvalue weighted by molar-refractivity contribution is -0.133. The summed E-state index contributed by atoms with van der Waals surface area (Å²) in [6.07, 6.45) is 3.30. The number of methoxy groups -OCH3 is 1. The molecule has 0 bridgehead atoms. The molecule has 102 valence electrons. The van der Waals surface area contributed by atoms with E-state index in [0.717, 1.165) is 11.8 Å². The van der Waals surface area contributed by atoms with E-state index in [2.05, 4.69) is 4.98 Å². The minimum atomic E-state index is -0.906. The summed E-state index contributed by atoms with van der Waals surface area (Å²) in [5.41, 5.74) is 1.20.